The number of piperidine rings is 2. The first kappa shape index (κ1) is 31.0. The predicted octanol–water partition coefficient (Wildman–Crippen LogP) is 0.118. The molecule has 4 saturated carbocycles. The number of rotatable bonds is 10. The first-order valence-electron chi connectivity index (χ1n) is 18.4. The number of hydroxylamine groups is 4. The summed E-state index contributed by atoms with van der Waals surface area (Å²) in [6, 6.07) is -2.25. The average molecular weight is 703 g/mol. The fourth-order valence-corrected chi connectivity index (χ4v) is 11.3. The molecule has 6 saturated heterocycles. The minimum Gasteiger partial charge on any atom is -0.352 e. The molecule has 0 unspecified atom stereocenters. The lowest BCUT2D eigenvalue weighted by atomic mass is 9.60. The van der Waals surface area contributed by atoms with E-state index in [9.17, 15) is 27.6 Å². The molecule has 268 valence electrons. The molecule has 4 bridgehead atoms. The Kier molecular flexibility index (Phi) is 6.75. The monoisotopic (exact) mass is 702 g/mol. The smallest absolute Gasteiger partial charge is 0.352 e. The van der Waals surface area contributed by atoms with E-state index >= 15 is 0 Å². The van der Waals surface area contributed by atoms with E-state index in [0.717, 1.165) is 74.1 Å². The number of fused-ring (bicyclic) bond motifs is 4. The van der Waals surface area contributed by atoms with Crippen LogP contribution in [-0.2, 0) is 28.6 Å². The molecule has 6 amide bonds. The van der Waals surface area contributed by atoms with E-state index in [1.807, 2.05) is 0 Å². The molecule has 10 fully saturated rings. The van der Waals surface area contributed by atoms with Crippen molar-refractivity contribution >= 4 is 34.3 Å². The maximum atomic E-state index is 13.3. The molecule has 10 aliphatic rings. The number of nitrogens with zero attached hydrogens (tertiary/aromatic N) is 6. The van der Waals surface area contributed by atoms with Crippen LogP contribution in [0.15, 0.2) is 0 Å². The number of amides is 6. The van der Waals surface area contributed by atoms with E-state index in [1.165, 1.54) is 35.5 Å². The van der Waals surface area contributed by atoms with E-state index in [-0.39, 0.29) is 37.0 Å². The second-order valence-corrected chi connectivity index (χ2v) is 18.2. The van der Waals surface area contributed by atoms with Crippen molar-refractivity contribution in [2.75, 3.05) is 39.3 Å². The number of hydrogen-bond acceptors (Lipinski definition) is 10. The minimum absolute atomic E-state index is 0.0972. The van der Waals surface area contributed by atoms with Crippen LogP contribution in [0.5, 0.6) is 0 Å². The van der Waals surface area contributed by atoms with Gasteiger partial charge in [0.15, 0.2) is 0 Å². The third-order valence-corrected chi connectivity index (χ3v) is 14.0. The lowest BCUT2D eigenvalue weighted by molar-refractivity contribution is -0.133. The highest BCUT2D eigenvalue weighted by atomic mass is 32.3. The standard InChI is InChI=1S/C32H46N8O8S/c41-27(33-19-9-31(10-19)15-35(16-31)21-1-2-21)25-7-5-23-13-37(25)29(43)39(23)47-49(45,46)48-40-24-6-8-26(38(14-24)30(40)44)28(42)34-20-11-32(12-20)17-36(18-32)22-3-4-22/h19-26H,1-18H2,(H,33,41)(H,34,42)/t23-,24-,25+,26+/m1/s1. The summed E-state index contributed by atoms with van der Waals surface area (Å²) in [5.41, 5.74) is 0.654. The maximum absolute atomic E-state index is 13.3. The zero-order chi connectivity index (χ0) is 33.4. The first-order valence-corrected chi connectivity index (χ1v) is 19.7. The van der Waals surface area contributed by atoms with Crippen LogP contribution in [0.4, 0.5) is 9.59 Å². The second-order valence-electron chi connectivity index (χ2n) is 17.1. The van der Waals surface area contributed by atoms with Gasteiger partial charge >= 0.3 is 22.5 Å². The third-order valence-electron chi connectivity index (χ3n) is 13.3. The van der Waals surface area contributed by atoms with Gasteiger partial charge in [-0.3, -0.25) is 19.4 Å². The van der Waals surface area contributed by atoms with Gasteiger partial charge < -0.3 is 20.4 Å². The molecule has 4 atom stereocenters. The van der Waals surface area contributed by atoms with Gasteiger partial charge in [0, 0.05) is 63.4 Å². The van der Waals surface area contributed by atoms with E-state index in [1.54, 1.807) is 0 Å². The van der Waals surface area contributed by atoms with E-state index in [4.69, 9.17) is 8.57 Å². The van der Waals surface area contributed by atoms with Crippen molar-refractivity contribution in [2.24, 2.45) is 10.8 Å². The van der Waals surface area contributed by atoms with Crippen molar-refractivity contribution in [1.82, 2.24) is 40.4 Å². The van der Waals surface area contributed by atoms with Crippen LogP contribution in [-0.4, -0.2) is 150 Å². The number of hydrogen-bond donors (Lipinski definition) is 2. The highest BCUT2D eigenvalue weighted by molar-refractivity contribution is 7.81. The Labute approximate surface area is 285 Å². The molecule has 10 rings (SSSR count). The molecule has 0 radical (unpaired) electrons. The summed E-state index contributed by atoms with van der Waals surface area (Å²) in [6.07, 6.45) is 10.6. The van der Waals surface area contributed by atoms with Crippen LogP contribution in [0.1, 0.15) is 77.0 Å². The highest BCUT2D eigenvalue weighted by Crippen LogP contribution is 2.52. The van der Waals surface area contributed by atoms with E-state index < -0.39 is 46.6 Å². The molecule has 16 nitrogen and oxygen atoms in total. The Morgan fingerprint density at radius 3 is 1.33 bits per heavy atom. The molecule has 0 aromatic heterocycles. The molecule has 17 heteroatoms. The van der Waals surface area contributed by atoms with Gasteiger partial charge in [-0.05, 0) is 87.9 Å². The lowest BCUT2D eigenvalue weighted by Gasteiger charge is -2.59. The van der Waals surface area contributed by atoms with E-state index in [2.05, 4.69) is 20.4 Å². The van der Waals surface area contributed by atoms with Gasteiger partial charge in [0.05, 0.1) is 12.1 Å². The van der Waals surface area contributed by atoms with Crippen molar-refractivity contribution in [2.45, 2.75) is 125 Å². The zero-order valence-corrected chi connectivity index (χ0v) is 28.5. The minimum atomic E-state index is -4.88. The van der Waals surface area contributed by atoms with Crippen LogP contribution < -0.4 is 10.6 Å². The Balaban J connectivity index is 0.705. The Morgan fingerprint density at radius 1 is 0.592 bits per heavy atom. The summed E-state index contributed by atoms with van der Waals surface area (Å²) in [4.78, 5) is 60.9. The second kappa shape index (κ2) is 10.7. The van der Waals surface area contributed by atoms with Crippen LogP contribution in [0, 0.1) is 10.8 Å². The lowest BCUT2D eigenvalue weighted by Crippen LogP contribution is -2.67. The molecule has 0 aromatic rings. The number of carbonyl (C=O) groups is 4. The third kappa shape index (κ3) is 5.23. The fraction of sp³-hybridized carbons (Fsp3) is 0.875. The van der Waals surface area contributed by atoms with Crippen molar-refractivity contribution in [3.8, 4) is 0 Å². The molecule has 2 N–H and O–H groups in total. The van der Waals surface area contributed by atoms with Crippen LogP contribution in [0.3, 0.4) is 0 Å². The number of urea groups is 2. The molecule has 0 aromatic carbocycles. The summed E-state index contributed by atoms with van der Waals surface area (Å²) in [5.74, 6) is -0.428. The molecule has 6 aliphatic heterocycles. The summed E-state index contributed by atoms with van der Waals surface area (Å²) in [7, 11) is -4.88. The van der Waals surface area contributed by atoms with Crippen molar-refractivity contribution < 1.29 is 36.2 Å². The zero-order valence-electron chi connectivity index (χ0n) is 27.7. The first-order chi connectivity index (χ1) is 23.5. The van der Waals surface area contributed by atoms with Crippen molar-refractivity contribution in [3.63, 3.8) is 0 Å². The maximum Gasteiger partial charge on any atom is 0.442 e. The molecular formula is C32H46N8O8S. The normalized spacial score (nSPS) is 36.4. The Bertz CT molecular complexity index is 1450. The summed E-state index contributed by atoms with van der Waals surface area (Å²) in [5, 5.41) is 7.78. The Morgan fingerprint density at radius 2 is 0.959 bits per heavy atom. The van der Waals surface area contributed by atoms with Gasteiger partial charge in [0.2, 0.25) is 11.8 Å². The van der Waals surface area contributed by atoms with Crippen LogP contribution in [0.25, 0.3) is 0 Å². The largest absolute Gasteiger partial charge is 0.442 e. The van der Waals surface area contributed by atoms with Gasteiger partial charge in [0.1, 0.15) is 12.1 Å². The van der Waals surface area contributed by atoms with Crippen molar-refractivity contribution in [3.05, 3.63) is 0 Å². The quantitative estimate of drug-likeness (QED) is 0.320. The molecule has 6 heterocycles. The Hall–Kier alpha value is -2.73. The van der Waals surface area contributed by atoms with Gasteiger partial charge in [-0.15, -0.1) is 8.57 Å². The topological polar surface area (TPSA) is 164 Å². The van der Waals surface area contributed by atoms with Crippen LogP contribution >= 0.6 is 0 Å². The van der Waals surface area contributed by atoms with Gasteiger partial charge in [-0.1, -0.05) is 0 Å². The van der Waals surface area contributed by atoms with Crippen LogP contribution in [0.2, 0.25) is 0 Å². The summed E-state index contributed by atoms with van der Waals surface area (Å²) < 4.78 is 36.6. The highest BCUT2D eigenvalue weighted by Gasteiger charge is 2.58. The van der Waals surface area contributed by atoms with Gasteiger partial charge in [-0.2, -0.15) is 18.5 Å². The number of likely N-dealkylation sites (tertiary alicyclic amines) is 2. The van der Waals surface area contributed by atoms with E-state index in [0.29, 0.717) is 36.5 Å². The predicted molar refractivity (Wildman–Crippen MR) is 169 cm³/mol. The molecular weight excluding hydrogens is 656 g/mol. The molecule has 4 aliphatic carbocycles. The van der Waals surface area contributed by atoms with Gasteiger partial charge in [-0.25, -0.2) is 9.59 Å². The fourth-order valence-electron chi connectivity index (χ4n) is 10.5. The van der Waals surface area contributed by atoms with Gasteiger partial charge in [0.25, 0.3) is 0 Å². The number of nitrogens with one attached hydrogen (secondary N) is 2. The van der Waals surface area contributed by atoms with Crippen molar-refractivity contribution in [1.29, 1.82) is 0 Å². The number of carbonyl (C=O) groups excluding carboxylic acids is 4. The molecule has 2 spiro atoms. The SMILES string of the molecule is O=C(NC1CC2(C1)CN(C1CC1)C2)[C@@H]1CC[C@@H]2CN1C(=O)N2OS(=O)(=O)ON1C(=O)N2C[C@H]1CC[C@H]2C(=O)NC1CC2(C1)CN(C1CC1)C2. The molecule has 49 heavy (non-hydrogen) atoms. The average Bonchev–Trinajstić information content (AvgIpc) is 3.93. The summed E-state index contributed by atoms with van der Waals surface area (Å²) >= 11 is 0. The summed E-state index contributed by atoms with van der Waals surface area (Å²) in [6.45, 7) is 4.77.